The smallest absolute Gasteiger partial charge is 0.182 e. The summed E-state index contributed by atoms with van der Waals surface area (Å²) in [5, 5.41) is 12.1. The highest BCUT2D eigenvalue weighted by Crippen LogP contribution is 2.31. The average molecular weight is 258 g/mol. The van der Waals surface area contributed by atoms with Crippen molar-refractivity contribution in [2.45, 2.75) is 38.1 Å². The van der Waals surface area contributed by atoms with Crippen molar-refractivity contribution in [1.82, 2.24) is 20.2 Å². The fourth-order valence-corrected chi connectivity index (χ4v) is 2.76. The van der Waals surface area contributed by atoms with Crippen LogP contribution < -0.4 is 11.5 Å². The second-order valence-electron chi connectivity index (χ2n) is 5.13. The van der Waals surface area contributed by atoms with Gasteiger partial charge in [0, 0.05) is 16.9 Å². The highest BCUT2D eigenvalue weighted by Gasteiger charge is 2.21. The van der Waals surface area contributed by atoms with Crippen molar-refractivity contribution in [1.29, 1.82) is 0 Å². The zero-order chi connectivity index (χ0) is 13.2. The van der Waals surface area contributed by atoms with Gasteiger partial charge in [-0.3, -0.25) is 0 Å². The largest absolute Gasteiger partial charge is 0.399 e. The van der Waals surface area contributed by atoms with Gasteiger partial charge in [0.05, 0.1) is 6.04 Å². The molecule has 6 nitrogen and oxygen atoms in total. The minimum atomic E-state index is 0.390. The van der Waals surface area contributed by atoms with E-state index >= 15 is 0 Å². The number of benzene rings is 1. The fraction of sp³-hybridized carbons (Fsp3) is 0.462. The van der Waals surface area contributed by atoms with E-state index in [9.17, 15) is 0 Å². The third-order valence-corrected chi connectivity index (χ3v) is 3.65. The van der Waals surface area contributed by atoms with Gasteiger partial charge in [-0.15, -0.1) is 5.10 Å². The van der Waals surface area contributed by atoms with Crippen LogP contribution in [0.2, 0.25) is 0 Å². The van der Waals surface area contributed by atoms with Crippen molar-refractivity contribution in [2.24, 2.45) is 0 Å². The third-order valence-electron chi connectivity index (χ3n) is 3.65. The predicted octanol–water partition coefficient (Wildman–Crippen LogP) is 2.01. The monoisotopic (exact) mass is 258 g/mol. The summed E-state index contributed by atoms with van der Waals surface area (Å²) in [6.45, 7) is 0. The maximum absolute atomic E-state index is 5.84. The second kappa shape index (κ2) is 4.87. The molecule has 2 aromatic rings. The molecule has 0 saturated heterocycles. The summed E-state index contributed by atoms with van der Waals surface area (Å²) < 4.78 is 1.92. The number of rotatable bonds is 2. The maximum Gasteiger partial charge on any atom is 0.182 e. The number of hydrogen-bond donors (Lipinski definition) is 2. The van der Waals surface area contributed by atoms with Gasteiger partial charge in [-0.25, -0.2) is 4.68 Å². The lowest BCUT2D eigenvalue weighted by Gasteiger charge is -2.22. The Kier molecular flexibility index (Phi) is 3.06. The molecule has 4 N–H and O–H groups in total. The van der Waals surface area contributed by atoms with Gasteiger partial charge in [-0.1, -0.05) is 19.3 Å². The van der Waals surface area contributed by atoms with E-state index < -0.39 is 0 Å². The minimum absolute atomic E-state index is 0.390. The quantitative estimate of drug-likeness (QED) is 0.803. The number of tetrazole rings is 1. The van der Waals surface area contributed by atoms with Gasteiger partial charge >= 0.3 is 0 Å². The standard InChI is InChI=1S/C13H18N6/c14-10-6-9(7-11(15)8-10)13-16-17-18-19(13)12-4-2-1-3-5-12/h6-8,12H,1-5,14-15H2. The molecule has 1 aliphatic rings. The lowest BCUT2D eigenvalue weighted by Crippen LogP contribution is -2.15. The van der Waals surface area contributed by atoms with Crippen molar-refractivity contribution in [2.75, 3.05) is 11.5 Å². The van der Waals surface area contributed by atoms with Gasteiger partial charge in [0.15, 0.2) is 5.82 Å². The SMILES string of the molecule is Nc1cc(N)cc(-c2nnnn2C2CCCCC2)c1. The topological polar surface area (TPSA) is 95.6 Å². The molecule has 3 rings (SSSR count). The molecular formula is C13H18N6. The number of anilines is 2. The molecule has 0 unspecified atom stereocenters. The van der Waals surface area contributed by atoms with Gasteiger partial charge in [0.25, 0.3) is 0 Å². The number of hydrogen-bond acceptors (Lipinski definition) is 5. The second-order valence-corrected chi connectivity index (χ2v) is 5.13. The summed E-state index contributed by atoms with van der Waals surface area (Å²) in [5.41, 5.74) is 13.8. The van der Waals surface area contributed by atoms with Crippen molar-refractivity contribution in [3.63, 3.8) is 0 Å². The maximum atomic E-state index is 5.84. The molecule has 0 amide bonds. The number of nitrogens with zero attached hydrogens (tertiary/aromatic N) is 4. The Morgan fingerprint density at radius 2 is 1.68 bits per heavy atom. The molecule has 19 heavy (non-hydrogen) atoms. The van der Waals surface area contributed by atoms with Crippen molar-refractivity contribution in [3.05, 3.63) is 18.2 Å². The molecule has 1 aromatic heterocycles. The zero-order valence-corrected chi connectivity index (χ0v) is 10.8. The van der Waals surface area contributed by atoms with Crippen LogP contribution in [0.25, 0.3) is 11.4 Å². The van der Waals surface area contributed by atoms with Crippen molar-refractivity contribution >= 4 is 11.4 Å². The first kappa shape index (κ1) is 12.0. The van der Waals surface area contributed by atoms with Gasteiger partial charge in [-0.05, 0) is 41.5 Å². The van der Waals surface area contributed by atoms with E-state index in [4.69, 9.17) is 11.5 Å². The molecule has 1 fully saturated rings. The molecule has 0 radical (unpaired) electrons. The zero-order valence-electron chi connectivity index (χ0n) is 10.8. The number of nitrogen functional groups attached to an aromatic ring is 2. The summed E-state index contributed by atoms with van der Waals surface area (Å²) in [7, 11) is 0. The Labute approximate surface area is 111 Å². The predicted molar refractivity (Wildman–Crippen MR) is 74.2 cm³/mol. The molecule has 0 aliphatic heterocycles. The number of nitrogens with two attached hydrogens (primary N) is 2. The van der Waals surface area contributed by atoms with Crippen LogP contribution in [0.3, 0.4) is 0 Å². The van der Waals surface area contributed by atoms with Crippen molar-refractivity contribution < 1.29 is 0 Å². The molecule has 1 aliphatic carbocycles. The Hall–Kier alpha value is -2.11. The van der Waals surface area contributed by atoms with Gasteiger partial charge in [0.2, 0.25) is 0 Å². The van der Waals surface area contributed by atoms with Crippen LogP contribution in [-0.2, 0) is 0 Å². The fourth-order valence-electron chi connectivity index (χ4n) is 2.76. The number of aromatic nitrogens is 4. The van der Waals surface area contributed by atoms with Gasteiger partial charge < -0.3 is 11.5 Å². The molecule has 1 heterocycles. The molecule has 1 saturated carbocycles. The van der Waals surface area contributed by atoms with Gasteiger partial charge in [-0.2, -0.15) is 0 Å². The van der Waals surface area contributed by atoms with Crippen LogP contribution in [0.4, 0.5) is 11.4 Å². The lowest BCUT2D eigenvalue weighted by molar-refractivity contribution is 0.327. The Bertz CT molecular complexity index is 550. The Morgan fingerprint density at radius 1 is 1.00 bits per heavy atom. The van der Waals surface area contributed by atoms with Crippen LogP contribution >= 0.6 is 0 Å². The summed E-state index contributed by atoms with van der Waals surface area (Å²) in [4.78, 5) is 0. The van der Waals surface area contributed by atoms with Crippen LogP contribution in [0, 0.1) is 0 Å². The summed E-state index contributed by atoms with van der Waals surface area (Å²) in [6, 6.07) is 5.85. The molecule has 0 bridgehead atoms. The van der Waals surface area contributed by atoms with E-state index in [2.05, 4.69) is 15.5 Å². The van der Waals surface area contributed by atoms with Crippen LogP contribution in [-0.4, -0.2) is 20.2 Å². The van der Waals surface area contributed by atoms with Crippen LogP contribution in [0.15, 0.2) is 18.2 Å². The molecular weight excluding hydrogens is 240 g/mol. The highest BCUT2D eigenvalue weighted by atomic mass is 15.5. The minimum Gasteiger partial charge on any atom is -0.399 e. The first-order valence-corrected chi connectivity index (χ1v) is 6.68. The highest BCUT2D eigenvalue weighted by molar-refractivity contribution is 5.67. The summed E-state index contributed by atoms with van der Waals surface area (Å²) in [6.07, 6.45) is 6.05. The van der Waals surface area contributed by atoms with E-state index in [0.717, 1.165) is 24.2 Å². The first-order chi connectivity index (χ1) is 9.24. The van der Waals surface area contributed by atoms with E-state index in [1.54, 1.807) is 6.07 Å². The van der Waals surface area contributed by atoms with E-state index in [-0.39, 0.29) is 0 Å². The van der Waals surface area contributed by atoms with E-state index in [0.29, 0.717) is 17.4 Å². The molecule has 6 heteroatoms. The lowest BCUT2D eigenvalue weighted by atomic mass is 9.95. The first-order valence-electron chi connectivity index (χ1n) is 6.68. The normalized spacial score (nSPS) is 16.6. The molecule has 100 valence electrons. The van der Waals surface area contributed by atoms with Gasteiger partial charge in [0.1, 0.15) is 0 Å². The van der Waals surface area contributed by atoms with E-state index in [1.165, 1.54) is 19.3 Å². The third kappa shape index (κ3) is 2.38. The van der Waals surface area contributed by atoms with Crippen LogP contribution in [0.5, 0.6) is 0 Å². The molecule has 0 spiro atoms. The molecule has 1 aromatic carbocycles. The Balaban J connectivity index is 1.98. The average Bonchev–Trinajstić information content (AvgIpc) is 2.88. The molecule has 0 atom stereocenters. The summed E-state index contributed by atoms with van der Waals surface area (Å²) >= 11 is 0. The summed E-state index contributed by atoms with van der Waals surface area (Å²) in [5.74, 6) is 0.755. The Morgan fingerprint density at radius 3 is 2.37 bits per heavy atom. The van der Waals surface area contributed by atoms with E-state index in [1.807, 2.05) is 16.8 Å². The van der Waals surface area contributed by atoms with Crippen molar-refractivity contribution in [3.8, 4) is 11.4 Å². The van der Waals surface area contributed by atoms with Crippen LogP contribution in [0.1, 0.15) is 38.1 Å².